The smallest absolute Gasteiger partial charge is 0.342 e. The first-order chi connectivity index (χ1) is 8.83. The Bertz CT molecular complexity index is 584. The normalized spacial score (nSPS) is 10.8. The van der Waals surface area contributed by atoms with Crippen molar-refractivity contribution < 1.29 is 9.47 Å². The number of para-hydroxylation sites is 1. The lowest BCUT2D eigenvalue weighted by molar-refractivity contribution is 0.305. The van der Waals surface area contributed by atoms with Gasteiger partial charge < -0.3 is 9.47 Å². The summed E-state index contributed by atoms with van der Waals surface area (Å²) >= 11 is 0. The summed E-state index contributed by atoms with van der Waals surface area (Å²) in [4.78, 5) is 3.94. The monoisotopic (exact) mass is 242 g/mol. The highest BCUT2D eigenvalue weighted by Gasteiger charge is 2.06. The number of ether oxygens (including phenoxy) is 2. The molecule has 0 aliphatic carbocycles. The van der Waals surface area contributed by atoms with Crippen molar-refractivity contribution >= 4 is 0 Å². The first-order valence-electron chi connectivity index (χ1n) is 5.11. The molecule has 2 rings (SSSR count). The van der Waals surface area contributed by atoms with Crippen molar-refractivity contribution in [3.63, 3.8) is 0 Å². The van der Waals surface area contributed by atoms with Crippen molar-refractivity contribution in [3.8, 4) is 17.8 Å². The number of rotatable bonds is 4. The summed E-state index contributed by atoms with van der Waals surface area (Å²) in [6.07, 6.45) is 2.69. The van der Waals surface area contributed by atoms with Gasteiger partial charge in [0.1, 0.15) is 18.7 Å². The topological polar surface area (TPSA) is 73.0 Å². The van der Waals surface area contributed by atoms with Crippen LogP contribution in [0.1, 0.15) is 0 Å². The van der Waals surface area contributed by atoms with Crippen molar-refractivity contribution in [2.75, 3.05) is 7.11 Å². The largest absolute Gasteiger partial charge is 0.500 e. The third-order valence-corrected chi connectivity index (χ3v) is 2.03. The summed E-state index contributed by atoms with van der Waals surface area (Å²) < 4.78 is 11.4. The zero-order valence-electron chi connectivity index (χ0n) is 9.65. The second-order valence-electron chi connectivity index (χ2n) is 3.24. The third kappa shape index (κ3) is 2.65. The maximum Gasteiger partial charge on any atom is 0.342 e. The fourth-order valence-electron chi connectivity index (χ4n) is 1.28. The minimum absolute atomic E-state index is 0.0108. The van der Waals surface area contributed by atoms with Crippen molar-refractivity contribution in [2.45, 2.75) is 0 Å². The fourth-order valence-corrected chi connectivity index (χ4v) is 1.28. The summed E-state index contributed by atoms with van der Waals surface area (Å²) in [5.74, 6) is -0.0108. The molecule has 1 heterocycles. The van der Waals surface area contributed by atoms with Crippen molar-refractivity contribution in [1.82, 2.24) is 14.8 Å². The summed E-state index contributed by atoms with van der Waals surface area (Å²) in [5, 5.41) is 12.8. The number of methoxy groups -OCH3 is 1. The van der Waals surface area contributed by atoms with E-state index in [1.54, 1.807) is 4.68 Å². The molecule has 0 unspecified atom stereocenters. The molecule has 0 bridgehead atoms. The van der Waals surface area contributed by atoms with Crippen LogP contribution < -0.4 is 4.74 Å². The number of allylic oxidation sites excluding steroid dienone is 1. The van der Waals surface area contributed by atoms with E-state index in [1.165, 1.54) is 19.7 Å². The molecule has 0 saturated heterocycles. The van der Waals surface area contributed by atoms with Crippen LogP contribution >= 0.6 is 0 Å². The van der Waals surface area contributed by atoms with E-state index in [-0.39, 0.29) is 11.8 Å². The quantitative estimate of drug-likeness (QED) is 0.602. The van der Waals surface area contributed by atoms with Gasteiger partial charge in [0.25, 0.3) is 0 Å². The highest BCUT2D eigenvalue weighted by Crippen LogP contribution is 2.10. The Morgan fingerprint density at radius 2 is 2.17 bits per heavy atom. The average Bonchev–Trinajstić information content (AvgIpc) is 2.88. The molecule has 6 heteroatoms. The number of aromatic nitrogens is 3. The van der Waals surface area contributed by atoms with Crippen LogP contribution in [0.5, 0.6) is 6.01 Å². The van der Waals surface area contributed by atoms with Gasteiger partial charge in [-0.2, -0.15) is 10.2 Å². The molecule has 0 amide bonds. The molecule has 0 spiro atoms. The van der Waals surface area contributed by atoms with E-state index in [0.29, 0.717) is 0 Å². The van der Waals surface area contributed by atoms with Crippen LogP contribution in [0.25, 0.3) is 5.69 Å². The molecule has 0 aliphatic heterocycles. The molecule has 6 nitrogen and oxygen atoms in total. The number of nitriles is 1. The lowest BCUT2D eigenvalue weighted by Crippen LogP contribution is -1.97. The number of nitrogens with zero attached hydrogens (tertiary/aromatic N) is 4. The van der Waals surface area contributed by atoms with E-state index < -0.39 is 0 Å². The zero-order valence-corrected chi connectivity index (χ0v) is 9.65. The average molecular weight is 242 g/mol. The molecule has 0 N–H and O–H groups in total. The maximum atomic E-state index is 8.76. The van der Waals surface area contributed by atoms with E-state index >= 15 is 0 Å². The van der Waals surface area contributed by atoms with Crippen LogP contribution in [-0.4, -0.2) is 21.9 Å². The van der Waals surface area contributed by atoms with Gasteiger partial charge in [0.2, 0.25) is 5.76 Å². The second-order valence-corrected chi connectivity index (χ2v) is 3.24. The first kappa shape index (κ1) is 11.7. The lowest BCUT2D eigenvalue weighted by atomic mass is 10.3. The highest BCUT2D eigenvalue weighted by atomic mass is 16.5. The zero-order chi connectivity index (χ0) is 12.8. The number of hydrogen-bond acceptors (Lipinski definition) is 5. The van der Waals surface area contributed by atoms with Crippen LogP contribution in [0.2, 0.25) is 0 Å². The molecule has 1 aromatic heterocycles. The summed E-state index contributed by atoms with van der Waals surface area (Å²) in [7, 11) is 1.43. The van der Waals surface area contributed by atoms with Gasteiger partial charge in [0, 0.05) is 0 Å². The van der Waals surface area contributed by atoms with E-state index in [0.717, 1.165) is 5.69 Å². The molecule has 0 fully saturated rings. The highest BCUT2D eigenvalue weighted by molar-refractivity contribution is 5.29. The van der Waals surface area contributed by atoms with Crippen LogP contribution in [0.15, 0.2) is 48.7 Å². The molecule has 90 valence electrons. The molecule has 0 aliphatic rings. The first-order valence-corrected chi connectivity index (χ1v) is 5.11. The van der Waals surface area contributed by atoms with Crippen molar-refractivity contribution in [1.29, 1.82) is 5.26 Å². The van der Waals surface area contributed by atoms with Gasteiger partial charge in [-0.1, -0.05) is 18.2 Å². The van der Waals surface area contributed by atoms with Gasteiger partial charge >= 0.3 is 6.01 Å². The Balaban J connectivity index is 2.17. The molecule has 0 radical (unpaired) electrons. The predicted molar refractivity (Wildman–Crippen MR) is 62.7 cm³/mol. The standard InChI is InChI=1S/C12H10N4O2/c1-17-8-11(7-13)18-12-14-9-16(15-12)10-5-3-2-4-6-10/h2-6,8-9H,1H3/b11-8+. The van der Waals surface area contributed by atoms with Gasteiger partial charge in [0.05, 0.1) is 12.8 Å². The molecule has 2 aromatic rings. The van der Waals surface area contributed by atoms with Crippen LogP contribution in [0.3, 0.4) is 0 Å². The molecule has 0 atom stereocenters. The Morgan fingerprint density at radius 1 is 1.39 bits per heavy atom. The van der Waals surface area contributed by atoms with Crippen LogP contribution in [0, 0.1) is 11.3 Å². The lowest BCUT2D eigenvalue weighted by Gasteiger charge is -1.99. The van der Waals surface area contributed by atoms with Gasteiger partial charge in [0.15, 0.2) is 0 Å². The van der Waals surface area contributed by atoms with E-state index in [1.807, 2.05) is 36.4 Å². The second kappa shape index (κ2) is 5.50. The number of hydrogen-bond donors (Lipinski definition) is 0. The van der Waals surface area contributed by atoms with Gasteiger partial charge in [-0.3, -0.25) is 0 Å². The van der Waals surface area contributed by atoms with Crippen molar-refractivity contribution in [3.05, 3.63) is 48.7 Å². The van der Waals surface area contributed by atoms with E-state index in [2.05, 4.69) is 14.8 Å². The maximum absolute atomic E-state index is 8.76. The van der Waals surface area contributed by atoms with Crippen molar-refractivity contribution in [2.24, 2.45) is 0 Å². The van der Waals surface area contributed by atoms with Gasteiger partial charge in [-0.05, 0) is 12.1 Å². The molecule has 1 aromatic carbocycles. The van der Waals surface area contributed by atoms with E-state index in [4.69, 9.17) is 10.00 Å². The Kier molecular flexibility index (Phi) is 3.56. The van der Waals surface area contributed by atoms with Gasteiger partial charge in [-0.15, -0.1) is 5.10 Å². The molecular formula is C12H10N4O2. The van der Waals surface area contributed by atoms with E-state index in [9.17, 15) is 0 Å². The van der Waals surface area contributed by atoms with Crippen LogP contribution in [0.4, 0.5) is 0 Å². The predicted octanol–water partition coefficient (Wildman–Crippen LogP) is 1.66. The summed E-state index contributed by atoms with van der Waals surface area (Å²) in [6.45, 7) is 0. The molecular weight excluding hydrogens is 232 g/mol. The van der Waals surface area contributed by atoms with Crippen LogP contribution in [-0.2, 0) is 4.74 Å². The Labute approximate surface area is 104 Å². The number of benzene rings is 1. The summed E-state index contributed by atoms with van der Waals surface area (Å²) in [6, 6.07) is 11.4. The third-order valence-electron chi connectivity index (χ3n) is 2.03. The minimum Gasteiger partial charge on any atom is -0.500 e. The molecule has 0 saturated carbocycles. The molecule has 18 heavy (non-hydrogen) atoms. The Morgan fingerprint density at radius 3 is 2.83 bits per heavy atom. The van der Waals surface area contributed by atoms with Gasteiger partial charge in [-0.25, -0.2) is 4.68 Å². The Hall–Kier alpha value is -2.81. The minimum atomic E-state index is -0.0108. The fraction of sp³-hybridized carbons (Fsp3) is 0.0833. The summed E-state index contributed by atoms with van der Waals surface area (Å²) in [5.41, 5.74) is 0.856. The SMILES string of the molecule is CO/C=C(\C#N)Oc1ncn(-c2ccccc2)n1.